The summed E-state index contributed by atoms with van der Waals surface area (Å²) < 4.78 is 6.29. The van der Waals surface area contributed by atoms with E-state index in [4.69, 9.17) is 4.74 Å². The summed E-state index contributed by atoms with van der Waals surface area (Å²) in [6.45, 7) is 2.45. The standard InChI is InChI=1S/C17H15BrN2O2/c1-2-22-14-10-6-5-9-13(14)20-17(21)16-15(18)11-7-3-4-8-12(11)19-16/h3-10,19H,2H2,1H3,(H,20,21). The minimum atomic E-state index is -0.213. The number of carbonyl (C=O) groups excluding carboxylic acids is 1. The van der Waals surface area contributed by atoms with Crippen LogP contribution in [-0.2, 0) is 0 Å². The summed E-state index contributed by atoms with van der Waals surface area (Å²) in [5, 5.41) is 3.87. The predicted molar refractivity (Wildman–Crippen MR) is 91.6 cm³/mol. The highest BCUT2D eigenvalue weighted by molar-refractivity contribution is 9.10. The first-order valence-corrected chi connectivity index (χ1v) is 7.79. The first kappa shape index (κ1) is 14.7. The number of ether oxygens (including phenoxy) is 1. The second-order valence-corrected chi connectivity index (χ2v) is 5.54. The number of nitrogens with one attached hydrogen (secondary N) is 2. The van der Waals surface area contributed by atoms with Crippen LogP contribution in [0.4, 0.5) is 5.69 Å². The van der Waals surface area contributed by atoms with Crippen molar-refractivity contribution in [3.05, 3.63) is 58.7 Å². The van der Waals surface area contributed by atoms with Gasteiger partial charge < -0.3 is 15.0 Å². The van der Waals surface area contributed by atoms with Gasteiger partial charge in [0.15, 0.2) is 0 Å². The predicted octanol–water partition coefficient (Wildman–Crippen LogP) is 4.58. The fourth-order valence-electron chi connectivity index (χ4n) is 2.30. The summed E-state index contributed by atoms with van der Waals surface area (Å²) in [6.07, 6.45) is 0. The molecule has 0 radical (unpaired) electrons. The molecule has 0 saturated heterocycles. The van der Waals surface area contributed by atoms with Crippen LogP contribution >= 0.6 is 15.9 Å². The summed E-state index contributed by atoms with van der Waals surface area (Å²) >= 11 is 3.49. The molecule has 0 saturated carbocycles. The normalized spacial score (nSPS) is 10.6. The maximum atomic E-state index is 12.5. The maximum Gasteiger partial charge on any atom is 0.273 e. The maximum absolute atomic E-state index is 12.5. The Morgan fingerprint density at radius 3 is 2.68 bits per heavy atom. The lowest BCUT2D eigenvalue weighted by Gasteiger charge is -2.10. The van der Waals surface area contributed by atoms with Gasteiger partial charge in [0, 0.05) is 10.9 Å². The SMILES string of the molecule is CCOc1ccccc1NC(=O)c1[nH]c2ccccc2c1Br. The molecular formula is C17H15BrN2O2. The van der Waals surface area contributed by atoms with Gasteiger partial charge in [0.25, 0.3) is 5.91 Å². The molecule has 3 aromatic rings. The second-order valence-electron chi connectivity index (χ2n) is 4.74. The van der Waals surface area contributed by atoms with Crippen molar-refractivity contribution in [2.75, 3.05) is 11.9 Å². The zero-order valence-electron chi connectivity index (χ0n) is 12.0. The molecule has 112 valence electrons. The van der Waals surface area contributed by atoms with Gasteiger partial charge in [0.2, 0.25) is 0 Å². The van der Waals surface area contributed by atoms with Gasteiger partial charge in [0.05, 0.1) is 16.8 Å². The molecule has 0 atom stereocenters. The number of halogens is 1. The molecule has 0 aliphatic heterocycles. The van der Waals surface area contributed by atoms with Crippen molar-refractivity contribution in [1.82, 2.24) is 4.98 Å². The van der Waals surface area contributed by atoms with Crippen LogP contribution in [-0.4, -0.2) is 17.5 Å². The van der Waals surface area contributed by atoms with E-state index in [2.05, 4.69) is 26.2 Å². The van der Waals surface area contributed by atoms with Crippen molar-refractivity contribution in [1.29, 1.82) is 0 Å². The number of aromatic amines is 1. The van der Waals surface area contributed by atoms with Gasteiger partial charge in [-0.1, -0.05) is 30.3 Å². The van der Waals surface area contributed by atoms with Gasteiger partial charge in [0.1, 0.15) is 11.4 Å². The highest BCUT2D eigenvalue weighted by Crippen LogP contribution is 2.29. The van der Waals surface area contributed by atoms with Gasteiger partial charge in [-0.2, -0.15) is 0 Å². The highest BCUT2D eigenvalue weighted by Gasteiger charge is 2.17. The van der Waals surface area contributed by atoms with Crippen molar-refractivity contribution in [3.63, 3.8) is 0 Å². The number of hydrogen-bond acceptors (Lipinski definition) is 2. The van der Waals surface area contributed by atoms with Crippen LogP contribution in [0.3, 0.4) is 0 Å². The van der Waals surface area contributed by atoms with Crippen molar-refractivity contribution in [2.45, 2.75) is 6.92 Å². The molecule has 2 N–H and O–H groups in total. The van der Waals surface area contributed by atoms with Crippen LogP contribution in [0.5, 0.6) is 5.75 Å². The molecule has 1 heterocycles. The third-order valence-electron chi connectivity index (χ3n) is 3.30. The molecule has 0 fully saturated rings. The van der Waals surface area contributed by atoms with Crippen molar-refractivity contribution >= 4 is 38.4 Å². The van der Waals surface area contributed by atoms with Crippen LogP contribution < -0.4 is 10.1 Å². The molecule has 4 nitrogen and oxygen atoms in total. The molecule has 5 heteroatoms. The number of anilines is 1. The first-order chi connectivity index (χ1) is 10.7. The highest BCUT2D eigenvalue weighted by atomic mass is 79.9. The molecule has 1 aromatic heterocycles. The molecule has 3 rings (SSSR count). The zero-order chi connectivity index (χ0) is 15.5. The van der Waals surface area contributed by atoms with Crippen molar-refractivity contribution in [2.24, 2.45) is 0 Å². The second kappa shape index (κ2) is 6.23. The average Bonchev–Trinajstić information content (AvgIpc) is 2.87. The minimum absolute atomic E-state index is 0.213. The number of fused-ring (bicyclic) bond motifs is 1. The van der Waals surface area contributed by atoms with E-state index < -0.39 is 0 Å². The van der Waals surface area contributed by atoms with E-state index in [1.165, 1.54) is 0 Å². The van der Waals surface area contributed by atoms with E-state index in [1.807, 2.05) is 55.5 Å². The molecule has 0 aliphatic carbocycles. The Kier molecular flexibility index (Phi) is 4.15. The molecular weight excluding hydrogens is 344 g/mol. The molecule has 0 bridgehead atoms. The monoisotopic (exact) mass is 358 g/mol. The largest absolute Gasteiger partial charge is 0.492 e. The molecule has 0 unspecified atom stereocenters. The quantitative estimate of drug-likeness (QED) is 0.716. The Balaban J connectivity index is 1.92. The number of rotatable bonds is 4. The fraction of sp³-hybridized carbons (Fsp3) is 0.118. The zero-order valence-corrected chi connectivity index (χ0v) is 13.6. The van der Waals surface area contributed by atoms with E-state index in [9.17, 15) is 4.79 Å². The summed E-state index contributed by atoms with van der Waals surface area (Å²) in [4.78, 5) is 15.7. The summed E-state index contributed by atoms with van der Waals surface area (Å²) in [5.41, 5.74) is 2.06. The van der Waals surface area contributed by atoms with E-state index in [0.29, 0.717) is 23.7 Å². The Hall–Kier alpha value is -2.27. The Labute approximate surface area is 136 Å². The Bertz CT molecular complexity index is 826. The third kappa shape index (κ3) is 2.72. The lowest BCUT2D eigenvalue weighted by Crippen LogP contribution is -2.13. The number of benzene rings is 2. The average molecular weight is 359 g/mol. The van der Waals surface area contributed by atoms with Crippen LogP contribution in [0.15, 0.2) is 53.0 Å². The van der Waals surface area contributed by atoms with Crippen LogP contribution in [0.25, 0.3) is 10.9 Å². The van der Waals surface area contributed by atoms with Crippen molar-refractivity contribution in [3.8, 4) is 5.75 Å². The third-order valence-corrected chi connectivity index (χ3v) is 4.13. The number of amides is 1. The van der Waals surface area contributed by atoms with Gasteiger partial charge >= 0.3 is 0 Å². The van der Waals surface area contributed by atoms with E-state index in [1.54, 1.807) is 0 Å². The lowest BCUT2D eigenvalue weighted by atomic mass is 10.2. The van der Waals surface area contributed by atoms with Crippen LogP contribution in [0.2, 0.25) is 0 Å². The number of H-pyrrole nitrogens is 1. The Morgan fingerprint density at radius 2 is 1.91 bits per heavy atom. The summed E-state index contributed by atoms with van der Waals surface area (Å²) in [7, 11) is 0. The topological polar surface area (TPSA) is 54.1 Å². The lowest BCUT2D eigenvalue weighted by molar-refractivity contribution is 0.102. The van der Waals surface area contributed by atoms with E-state index in [0.717, 1.165) is 15.4 Å². The van der Waals surface area contributed by atoms with Gasteiger partial charge in [-0.05, 0) is 41.1 Å². The summed E-state index contributed by atoms with van der Waals surface area (Å²) in [6, 6.07) is 15.1. The van der Waals surface area contributed by atoms with Crippen LogP contribution in [0.1, 0.15) is 17.4 Å². The number of carbonyl (C=O) groups is 1. The number of para-hydroxylation sites is 3. The summed E-state index contributed by atoms with van der Waals surface area (Å²) in [5.74, 6) is 0.445. The molecule has 0 spiro atoms. The molecule has 1 amide bonds. The van der Waals surface area contributed by atoms with Gasteiger partial charge in [-0.15, -0.1) is 0 Å². The van der Waals surface area contributed by atoms with Gasteiger partial charge in [-0.25, -0.2) is 0 Å². The van der Waals surface area contributed by atoms with E-state index >= 15 is 0 Å². The number of aromatic nitrogens is 1. The molecule has 22 heavy (non-hydrogen) atoms. The molecule has 2 aromatic carbocycles. The molecule has 0 aliphatic rings. The van der Waals surface area contributed by atoms with E-state index in [-0.39, 0.29) is 5.91 Å². The fourth-order valence-corrected chi connectivity index (χ4v) is 2.93. The van der Waals surface area contributed by atoms with Crippen molar-refractivity contribution < 1.29 is 9.53 Å². The first-order valence-electron chi connectivity index (χ1n) is 7.00. The smallest absolute Gasteiger partial charge is 0.273 e. The minimum Gasteiger partial charge on any atom is -0.492 e. The van der Waals surface area contributed by atoms with Crippen LogP contribution in [0, 0.1) is 0 Å². The Morgan fingerprint density at radius 1 is 1.18 bits per heavy atom. The van der Waals surface area contributed by atoms with Gasteiger partial charge in [-0.3, -0.25) is 4.79 Å². The number of hydrogen-bond donors (Lipinski definition) is 2.